The van der Waals surface area contributed by atoms with E-state index in [2.05, 4.69) is 12.3 Å². The molecule has 19 heavy (non-hydrogen) atoms. The van der Waals surface area contributed by atoms with Crippen molar-refractivity contribution in [2.24, 2.45) is 17.7 Å². The van der Waals surface area contributed by atoms with Crippen molar-refractivity contribution in [1.82, 2.24) is 5.43 Å². The summed E-state index contributed by atoms with van der Waals surface area (Å²) in [6, 6.07) is 5.00. The van der Waals surface area contributed by atoms with E-state index in [0.29, 0.717) is 22.9 Å². The fraction of sp³-hybridized carbons (Fsp3) is 0.600. The SMILES string of the molecule is CC1CCC(C(Cc2ccc(Cl)cc2F)NN)CC1. The Morgan fingerprint density at radius 3 is 2.63 bits per heavy atom. The van der Waals surface area contributed by atoms with E-state index in [1.165, 1.54) is 31.7 Å². The van der Waals surface area contributed by atoms with Crippen LogP contribution in [0.2, 0.25) is 5.02 Å². The standard InChI is InChI=1S/C15H22ClFN2/c1-10-2-4-11(5-3-10)15(19-18)8-12-6-7-13(16)9-14(12)17/h6-7,9-11,15,19H,2-5,8,18H2,1H3. The van der Waals surface area contributed by atoms with Crippen LogP contribution in [0.4, 0.5) is 4.39 Å². The molecule has 1 atom stereocenters. The molecule has 0 spiro atoms. The van der Waals surface area contributed by atoms with Crippen LogP contribution in [0.5, 0.6) is 0 Å². The van der Waals surface area contributed by atoms with Crippen molar-refractivity contribution in [1.29, 1.82) is 0 Å². The molecule has 3 N–H and O–H groups in total. The fourth-order valence-corrected chi connectivity index (χ4v) is 3.13. The molecular formula is C15H22ClFN2. The quantitative estimate of drug-likeness (QED) is 0.654. The number of nitrogens with one attached hydrogen (secondary N) is 1. The summed E-state index contributed by atoms with van der Waals surface area (Å²) in [5.74, 6) is 6.77. The normalized spacial score (nSPS) is 25.3. The van der Waals surface area contributed by atoms with Crippen molar-refractivity contribution >= 4 is 11.6 Å². The first-order valence-electron chi connectivity index (χ1n) is 7.00. The van der Waals surface area contributed by atoms with E-state index >= 15 is 0 Å². The average molecular weight is 285 g/mol. The Morgan fingerprint density at radius 2 is 2.05 bits per heavy atom. The smallest absolute Gasteiger partial charge is 0.127 e. The summed E-state index contributed by atoms with van der Waals surface area (Å²) in [6.45, 7) is 2.29. The summed E-state index contributed by atoms with van der Waals surface area (Å²) in [6.07, 6.45) is 5.45. The second-order valence-corrected chi connectivity index (χ2v) is 6.17. The molecule has 1 aromatic carbocycles. The zero-order chi connectivity index (χ0) is 13.8. The van der Waals surface area contributed by atoms with Crippen LogP contribution in [0.25, 0.3) is 0 Å². The van der Waals surface area contributed by atoms with Crippen LogP contribution in [-0.4, -0.2) is 6.04 Å². The molecule has 4 heteroatoms. The van der Waals surface area contributed by atoms with E-state index in [-0.39, 0.29) is 11.9 Å². The molecule has 0 heterocycles. The molecule has 1 aromatic rings. The predicted molar refractivity (Wildman–Crippen MR) is 77.3 cm³/mol. The van der Waals surface area contributed by atoms with Gasteiger partial charge in [0.25, 0.3) is 0 Å². The minimum atomic E-state index is -0.239. The summed E-state index contributed by atoms with van der Waals surface area (Å²) in [4.78, 5) is 0. The summed E-state index contributed by atoms with van der Waals surface area (Å²) >= 11 is 5.77. The lowest BCUT2D eigenvalue weighted by molar-refractivity contribution is 0.229. The monoisotopic (exact) mass is 284 g/mol. The van der Waals surface area contributed by atoms with Gasteiger partial charge in [-0.2, -0.15) is 0 Å². The third-order valence-corrected chi connectivity index (χ3v) is 4.53. The Hall–Kier alpha value is -0.640. The Morgan fingerprint density at radius 1 is 1.37 bits per heavy atom. The minimum Gasteiger partial charge on any atom is -0.271 e. The lowest BCUT2D eigenvalue weighted by Crippen LogP contribution is -2.43. The van der Waals surface area contributed by atoms with Crippen molar-refractivity contribution in [2.75, 3.05) is 0 Å². The van der Waals surface area contributed by atoms with E-state index in [1.54, 1.807) is 12.1 Å². The first-order valence-corrected chi connectivity index (χ1v) is 7.38. The van der Waals surface area contributed by atoms with Crippen molar-refractivity contribution in [2.45, 2.75) is 45.1 Å². The highest BCUT2D eigenvalue weighted by Crippen LogP contribution is 2.31. The largest absolute Gasteiger partial charge is 0.271 e. The number of hydrogen-bond donors (Lipinski definition) is 2. The Kier molecular flexibility index (Phi) is 5.20. The molecule has 0 amide bonds. The average Bonchev–Trinajstić information content (AvgIpc) is 2.39. The second-order valence-electron chi connectivity index (χ2n) is 5.73. The van der Waals surface area contributed by atoms with Crippen molar-refractivity contribution in [3.63, 3.8) is 0 Å². The van der Waals surface area contributed by atoms with Crippen molar-refractivity contribution in [3.8, 4) is 0 Å². The number of benzene rings is 1. The first kappa shape index (κ1) is 14.8. The van der Waals surface area contributed by atoms with Crippen LogP contribution in [0.3, 0.4) is 0 Å². The number of hydrazine groups is 1. The van der Waals surface area contributed by atoms with Crippen molar-refractivity contribution < 1.29 is 4.39 Å². The molecular weight excluding hydrogens is 263 g/mol. The minimum absolute atomic E-state index is 0.142. The van der Waals surface area contributed by atoms with Crippen LogP contribution in [0.1, 0.15) is 38.2 Å². The molecule has 0 radical (unpaired) electrons. The molecule has 2 rings (SSSR count). The van der Waals surface area contributed by atoms with Gasteiger partial charge in [-0.05, 0) is 48.8 Å². The molecule has 106 valence electrons. The van der Waals surface area contributed by atoms with E-state index in [4.69, 9.17) is 17.4 Å². The van der Waals surface area contributed by atoms with Gasteiger partial charge < -0.3 is 0 Å². The Balaban J connectivity index is 2.02. The molecule has 1 fully saturated rings. The van der Waals surface area contributed by atoms with Gasteiger partial charge in [0.1, 0.15) is 5.82 Å². The topological polar surface area (TPSA) is 38.0 Å². The first-order chi connectivity index (χ1) is 9.10. The van der Waals surface area contributed by atoms with Gasteiger partial charge in [-0.25, -0.2) is 4.39 Å². The number of hydrogen-bond acceptors (Lipinski definition) is 2. The van der Waals surface area contributed by atoms with Gasteiger partial charge >= 0.3 is 0 Å². The van der Waals surface area contributed by atoms with Crippen LogP contribution < -0.4 is 11.3 Å². The zero-order valence-corrected chi connectivity index (χ0v) is 12.1. The van der Waals surface area contributed by atoms with Gasteiger partial charge in [0.05, 0.1) is 0 Å². The Labute approximate surface area is 119 Å². The van der Waals surface area contributed by atoms with Crippen LogP contribution in [-0.2, 0) is 6.42 Å². The van der Waals surface area contributed by atoms with Crippen LogP contribution in [0, 0.1) is 17.7 Å². The highest BCUT2D eigenvalue weighted by atomic mass is 35.5. The maximum Gasteiger partial charge on any atom is 0.127 e. The highest BCUT2D eigenvalue weighted by Gasteiger charge is 2.26. The van der Waals surface area contributed by atoms with E-state index < -0.39 is 0 Å². The summed E-state index contributed by atoms with van der Waals surface area (Å²) < 4.78 is 13.8. The molecule has 1 saturated carbocycles. The number of rotatable bonds is 4. The Bertz CT molecular complexity index is 417. The summed E-state index contributed by atoms with van der Waals surface area (Å²) in [5, 5.41) is 0.435. The molecule has 0 saturated heterocycles. The van der Waals surface area contributed by atoms with Crippen LogP contribution in [0.15, 0.2) is 18.2 Å². The lowest BCUT2D eigenvalue weighted by atomic mass is 9.78. The zero-order valence-electron chi connectivity index (χ0n) is 11.3. The molecule has 1 aliphatic carbocycles. The summed E-state index contributed by atoms with van der Waals surface area (Å²) in [5.41, 5.74) is 3.56. The van der Waals surface area contributed by atoms with Gasteiger partial charge in [0.15, 0.2) is 0 Å². The highest BCUT2D eigenvalue weighted by molar-refractivity contribution is 6.30. The van der Waals surface area contributed by atoms with Gasteiger partial charge in [-0.1, -0.05) is 37.4 Å². The third-order valence-electron chi connectivity index (χ3n) is 4.30. The second kappa shape index (κ2) is 6.69. The van der Waals surface area contributed by atoms with E-state index in [1.807, 2.05) is 0 Å². The number of halogens is 2. The molecule has 1 unspecified atom stereocenters. The van der Waals surface area contributed by atoms with Gasteiger partial charge in [0.2, 0.25) is 0 Å². The maximum atomic E-state index is 13.8. The molecule has 0 aliphatic heterocycles. The van der Waals surface area contributed by atoms with E-state index in [0.717, 1.165) is 5.92 Å². The lowest BCUT2D eigenvalue weighted by Gasteiger charge is -2.32. The fourth-order valence-electron chi connectivity index (χ4n) is 2.97. The van der Waals surface area contributed by atoms with Gasteiger partial charge in [0, 0.05) is 11.1 Å². The summed E-state index contributed by atoms with van der Waals surface area (Å²) in [7, 11) is 0. The van der Waals surface area contributed by atoms with Gasteiger partial charge in [-0.3, -0.25) is 11.3 Å². The molecule has 1 aliphatic rings. The van der Waals surface area contributed by atoms with Gasteiger partial charge in [-0.15, -0.1) is 0 Å². The maximum absolute atomic E-state index is 13.8. The third kappa shape index (κ3) is 3.91. The molecule has 0 aromatic heterocycles. The predicted octanol–water partition coefficient (Wildman–Crippen LogP) is 3.68. The van der Waals surface area contributed by atoms with E-state index in [9.17, 15) is 4.39 Å². The number of nitrogens with two attached hydrogens (primary N) is 1. The van der Waals surface area contributed by atoms with Crippen LogP contribution >= 0.6 is 11.6 Å². The van der Waals surface area contributed by atoms with Crippen molar-refractivity contribution in [3.05, 3.63) is 34.6 Å². The molecule has 0 bridgehead atoms. The molecule has 2 nitrogen and oxygen atoms in total.